The minimum atomic E-state index is 0.399. The van der Waals surface area contributed by atoms with Gasteiger partial charge >= 0.3 is 0 Å². The Labute approximate surface area is 126 Å². The van der Waals surface area contributed by atoms with Crippen LogP contribution in [-0.4, -0.2) is 45.5 Å². The van der Waals surface area contributed by atoms with Crippen molar-refractivity contribution in [3.63, 3.8) is 0 Å². The minimum Gasteiger partial charge on any atom is -0.490 e. The molecule has 0 bridgehead atoms. The number of hydrogen-bond acceptors (Lipinski definition) is 4. The van der Waals surface area contributed by atoms with Crippen molar-refractivity contribution in [1.29, 1.82) is 0 Å². The number of fused-ring (bicyclic) bond motifs is 2. The Morgan fingerprint density at radius 3 is 2.81 bits per heavy atom. The lowest BCUT2D eigenvalue weighted by Crippen LogP contribution is -2.38. The summed E-state index contributed by atoms with van der Waals surface area (Å²) in [5.41, 5.74) is 4.22. The zero-order chi connectivity index (χ0) is 14.1. The maximum Gasteiger partial charge on any atom is 0.142 e. The molecule has 3 aliphatic rings. The molecule has 1 atom stereocenters. The Morgan fingerprint density at radius 1 is 1.14 bits per heavy atom. The molecule has 0 saturated carbocycles. The van der Waals surface area contributed by atoms with Gasteiger partial charge in [0.1, 0.15) is 12.4 Å². The van der Waals surface area contributed by atoms with Crippen LogP contribution in [0, 0.1) is 0 Å². The van der Waals surface area contributed by atoms with Crippen molar-refractivity contribution in [2.45, 2.75) is 31.8 Å². The first-order valence-corrected chi connectivity index (χ1v) is 8.26. The van der Waals surface area contributed by atoms with Crippen molar-refractivity contribution < 1.29 is 9.47 Å². The number of nitrogens with one attached hydrogen (secondary N) is 1. The maximum atomic E-state index is 5.92. The smallest absolute Gasteiger partial charge is 0.142 e. The van der Waals surface area contributed by atoms with E-state index in [0.717, 1.165) is 58.0 Å². The van der Waals surface area contributed by atoms with Crippen molar-refractivity contribution in [2.75, 3.05) is 44.3 Å². The fourth-order valence-electron chi connectivity index (χ4n) is 3.66. The van der Waals surface area contributed by atoms with Gasteiger partial charge < -0.3 is 19.7 Å². The Kier molecular flexibility index (Phi) is 3.74. The van der Waals surface area contributed by atoms with Crippen LogP contribution >= 0.6 is 0 Å². The molecule has 0 aromatic heterocycles. The van der Waals surface area contributed by atoms with E-state index in [1.165, 1.54) is 29.7 Å². The van der Waals surface area contributed by atoms with E-state index in [1.54, 1.807) is 0 Å². The molecule has 21 heavy (non-hydrogen) atoms. The van der Waals surface area contributed by atoms with Gasteiger partial charge in [0.05, 0.1) is 18.3 Å². The van der Waals surface area contributed by atoms with Crippen LogP contribution in [0.3, 0.4) is 0 Å². The van der Waals surface area contributed by atoms with E-state index in [4.69, 9.17) is 9.47 Å². The molecule has 4 rings (SSSR count). The molecule has 0 aliphatic carbocycles. The van der Waals surface area contributed by atoms with Crippen LogP contribution in [0.1, 0.15) is 24.0 Å². The van der Waals surface area contributed by atoms with Crippen molar-refractivity contribution in [3.8, 4) is 5.75 Å². The summed E-state index contributed by atoms with van der Waals surface area (Å²) in [7, 11) is 0. The molecule has 1 saturated heterocycles. The highest BCUT2D eigenvalue weighted by Gasteiger charge is 2.25. The Hall–Kier alpha value is -1.26. The fraction of sp³-hybridized carbons (Fsp3) is 0.647. The third kappa shape index (κ3) is 2.74. The monoisotopic (exact) mass is 288 g/mol. The van der Waals surface area contributed by atoms with Gasteiger partial charge in [-0.05, 0) is 62.0 Å². The number of nitrogens with zero attached hydrogens (tertiary/aromatic N) is 1. The number of rotatable bonds is 2. The maximum absolute atomic E-state index is 5.92. The average molecular weight is 288 g/mol. The summed E-state index contributed by atoms with van der Waals surface area (Å²) in [5.74, 6) is 1.07. The molecular weight excluding hydrogens is 264 g/mol. The van der Waals surface area contributed by atoms with Crippen molar-refractivity contribution in [1.82, 2.24) is 5.32 Å². The molecule has 1 N–H and O–H groups in total. The summed E-state index contributed by atoms with van der Waals surface area (Å²) < 4.78 is 11.7. The normalized spacial score (nSPS) is 25.0. The summed E-state index contributed by atoms with van der Waals surface area (Å²) in [4.78, 5) is 2.47. The van der Waals surface area contributed by atoms with Crippen molar-refractivity contribution >= 4 is 5.69 Å². The quantitative estimate of drug-likeness (QED) is 0.899. The Balaban J connectivity index is 1.61. The molecule has 4 heteroatoms. The summed E-state index contributed by atoms with van der Waals surface area (Å²) in [5, 5.41) is 3.48. The van der Waals surface area contributed by atoms with Gasteiger partial charge in [0.25, 0.3) is 0 Å². The number of anilines is 1. The molecule has 0 radical (unpaired) electrons. The van der Waals surface area contributed by atoms with Gasteiger partial charge in [0, 0.05) is 13.2 Å². The van der Waals surface area contributed by atoms with E-state index in [2.05, 4.69) is 22.3 Å². The number of ether oxygens (including phenoxy) is 2. The van der Waals surface area contributed by atoms with Gasteiger partial charge in [0.15, 0.2) is 0 Å². The van der Waals surface area contributed by atoms with Gasteiger partial charge in [-0.3, -0.25) is 0 Å². The second-order valence-corrected chi connectivity index (χ2v) is 6.27. The lowest BCUT2D eigenvalue weighted by atomic mass is 10.0. The molecule has 4 nitrogen and oxygen atoms in total. The summed E-state index contributed by atoms with van der Waals surface area (Å²) in [6.07, 6.45) is 5.03. The molecule has 0 spiro atoms. The standard InChI is InChI=1S/C17H24N2O2/c1-2-15(20-8-1)12-19-7-9-21-17-11-14-4-6-18-5-3-13(14)10-16(17)19/h10-11,15,18H,1-9,12H2/t15-/m1/s1. The van der Waals surface area contributed by atoms with E-state index in [-0.39, 0.29) is 0 Å². The molecule has 1 aromatic rings. The lowest BCUT2D eigenvalue weighted by Gasteiger charge is -2.33. The van der Waals surface area contributed by atoms with Crippen LogP contribution < -0.4 is 15.0 Å². The molecule has 0 unspecified atom stereocenters. The van der Waals surface area contributed by atoms with Crippen LogP contribution in [0.5, 0.6) is 5.75 Å². The lowest BCUT2D eigenvalue weighted by molar-refractivity contribution is 0.114. The van der Waals surface area contributed by atoms with Gasteiger partial charge in [-0.25, -0.2) is 0 Å². The fourth-order valence-corrected chi connectivity index (χ4v) is 3.66. The second kappa shape index (κ2) is 5.85. The molecule has 0 amide bonds. The third-order valence-electron chi connectivity index (χ3n) is 4.83. The molecular formula is C17H24N2O2. The number of benzene rings is 1. The number of hydrogen-bond donors (Lipinski definition) is 1. The molecule has 1 fully saturated rings. The van der Waals surface area contributed by atoms with Crippen LogP contribution in [0.25, 0.3) is 0 Å². The average Bonchev–Trinajstić information content (AvgIpc) is 2.90. The highest BCUT2D eigenvalue weighted by Crippen LogP contribution is 2.36. The third-order valence-corrected chi connectivity index (χ3v) is 4.83. The molecule has 114 valence electrons. The second-order valence-electron chi connectivity index (χ2n) is 6.27. The first kappa shape index (κ1) is 13.4. The van der Waals surface area contributed by atoms with E-state index < -0.39 is 0 Å². The Morgan fingerprint density at radius 2 is 2.00 bits per heavy atom. The predicted octanol–water partition coefficient (Wildman–Crippen LogP) is 1.75. The van der Waals surface area contributed by atoms with Gasteiger partial charge in [-0.2, -0.15) is 0 Å². The van der Waals surface area contributed by atoms with Crippen LogP contribution in [0.4, 0.5) is 5.69 Å². The topological polar surface area (TPSA) is 33.7 Å². The van der Waals surface area contributed by atoms with E-state index in [0.29, 0.717) is 6.10 Å². The molecule has 1 aromatic carbocycles. The highest BCUT2D eigenvalue weighted by atomic mass is 16.5. The van der Waals surface area contributed by atoms with E-state index in [9.17, 15) is 0 Å². The summed E-state index contributed by atoms with van der Waals surface area (Å²) in [6, 6.07) is 4.64. The van der Waals surface area contributed by atoms with Gasteiger partial charge in [-0.15, -0.1) is 0 Å². The highest BCUT2D eigenvalue weighted by molar-refractivity contribution is 5.63. The van der Waals surface area contributed by atoms with Crippen molar-refractivity contribution in [3.05, 3.63) is 23.3 Å². The molecule has 3 aliphatic heterocycles. The first-order chi connectivity index (χ1) is 10.4. The van der Waals surface area contributed by atoms with Crippen LogP contribution in [0.15, 0.2) is 12.1 Å². The summed E-state index contributed by atoms with van der Waals surface area (Å²) >= 11 is 0. The van der Waals surface area contributed by atoms with Crippen LogP contribution in [-0.2, 0) is 17.6 Å². The SMILES string of the molecule is c1c2c(cc3c1OCCN3C[C@H]1CCCO1)CCNCC2. The van der Waals surface area contributed by atoms with E-state index >= 15 is 0 Å². The summed E-state index contributed by atoms with van der Waals surface area (Å²) in [6.45, 7) is 5.86. The van der Waals surface area contributed by atoms with E-state index in [1.807, 2.05) is 0 Å². The molecule has 3 heterocycles. The minimum absolute atomic E-state index is 0.399. The Bertz CT molecular complexity index is 512. The van der Waals surface area contributed by atoms with Gasteiger partial charge in [0.2, 0.25) is 0 Å². The van der Waals surface area contributed by atoms with Crippen LogP contribution in [0.2, 0.25) is 0 Å². The zero-order valence-corrected chi connectivity index (χ0v) is 12.6. The first-order valence-electron chi connectivity index (χ1n) is 8.26. The largest absolute Gasteiger partial charge is 0.490 e. The predicted molar refractivity (Wildman–Crippen MR) is 83.4 cm³/mol. The van der Waals surface area contributed by atoms with Crippen molar-refractivity contribution in [2.24, 2.45) is 0 Å². The zero-order valence-electron chi connectivity index (χ0n) is 12.6. The van der Waals surface area contributed by atoms with Gasteiger partial charge in [-0.1, -0.05) is 0 Å².